The van der Waals surface area contributed by atoms with Gasteiger partial charge in [0.25, 0.3) is 15.9 Å². The first-order valence-corrected chi connectivity index (χ1v) is 12.4. The molecule has 4 aromatic rings. The minimum Gasteiger partial charge on any atom is -0.484 e. The van der Waals surface area contributed by atoms with Crippen molar-refractivity contribution in [1.29, 1.82) is 0 Å². The zero-order chi connectivity index (χ0) is 25.0. The zero-order valence-electron chi connectivity index (χ0n) is 17.5. The Balaban J connectivity index is 1.36. The van der Waals surface area contributed by atoms with Gasteiger partial charge in [0.1, 0.15) is 18.1 Å². The maximum Gasteiger partial charge on any atom is 0.291 e. The predicted molar refractivity (Wildman–Crippen MR) is 132 cm³/mol. The van der Waals surface area contributed by atoms with Gasteiger partial charge in [0.2, 0.25) is 0 Å². The number of carbonyl (C=O) groups is 1. The summed E-state index contributed by atoms with van der Waals surface area (Å²) in [7, 11) is -3.91. The van der Waals surface area contributed by atoms with Crippen LogP contribution >= 0.6 is 34.8 Å². The smallest absolute Gasteiger partial charge is 0.291 e. The van der Waals surface area contributed by atoms with Crippen LogP contribution in [0.4, 0.5) is 11.5 Å². The number of nitrogens with zero attached hydrogens (tertiary/aromatic N) is 2. The monoisotopic (exact) mass is 552 g/mol. The molecule has 0 bridgehead atoms. The molecule has 0 atom stereocenters. The van der Waals surface area contributed by atoms with Gasteiger partial charge >= 0.3 is 0 Å². The summed E-state index contributed by atoms with van der Waals surface area (Å²) in [6.07, 6.45) is 0. The molecule has 0 radical (unpaired) electrons. The van der Waals surface area contributed by atoms with E-state index in [1.54, 1.807) is 24.3 Å². The lowest BCUT2D eigenvalue weighted by Crippen LogP contribution is -2.15. The summed E-state index contributed by atoms with van der Waals surface area (Å²) in [5, 5.41) is 10.8. The van der Waals surface area contributed by atoms with Crippen LogP contribution in [0.5, 0.6) is 5.75 Å². The van der Waals surface area contributed by atoms with Gasteiger partial charge in [-0.15, -0.1) is 10.2 Å². The molecule has 2 aromatic carbocycles. The van der Waals surface area contributed by atoms with E-state index in [-0.39, 0.29) is 28.2 Å². The van der Waals surface area contributed by atoms with Crippen LogP contribution in [0.2, 0.25) is 15.2 Å². The van der Waals surface area contributed by atoms with Gasteiger partial charge < -0.3 is 14.5 Å². The molecule has 0 unspecified atom stereocenters. The second-order valence-corrected chi connectivity index (χ2v) is 9.87. The van der Waals surface area contributed by atoms with E-state index < -0.39 is 15.9 Å². The molecule has 9 nitrogen and oxygen atoms in total. The fraction of sp³-hybridized carbons (Fsp3) is 0.0455. The first kappa shape index (κ1) is 24.8. The van der Waals surface area contributed by atoms with Crippen molar-refractivity contribution in [2.24, 2.45) is 0 Å². The average molecular weight is 554 g/mol. The highest BCUT2D eigenvalue weighted by atomic mass is 35.5. The third-order valence-electron chi connectivity index (χ3n) is 4.44. The highest BCUT2D eigenvalue weighted by molar-refractivity contribution is 7.92. The topological polar surface area (TPSA) is 123 Å². The number of ether oxygens (including phenoxy) is 1. The highest BCUT2D eigenvalue weighted by Gasteiger charge is 2.17. The summed E-state index contributed by atoms with van der Waals surface area (Å²) in [5.74, 6) is 0.365. The van der Waals surface area contributed by atoms with Gasteiger partial charge in [0.05, 0.1) is 9.92 Å². The van der Waals surface area contributed by atoms with E-state index in [2.05, 4.69) is 20.2 Å². The molecular weight excluding hydrogens is 539 g/mol. The number of sulfonamides is 1. The van der Waals surface area contributed by atoms with E-state index in [1.807, 2.05) is 0 Å². The fourth-order valence-corrected chi connectivity index (χ4v) is 4.36. The van der Waals surface area contributed by atoms with E-state index in [0.717, 1.165) is 0 Å². The second kappa shape index (κ2) is 10.5. The predicted octanol–water partition coefficient (Wildman–Crippen LogP) is 5.66. The minimum absolute atomic E-state index is 0.0164. The summed E-state index contributed by atoms with van der Waals surface area (Å²) >= 11 is 17.6. The Morgan fingerprint density at radius 3 is 2.40 bits per heavy atom. The fourth-order valence-electron chi connectivity index (χ4n) is 2.80. The summed E-state index contributed by atoms with van der Waals surface area (Å²) < 4.78 is 38.4. The Hall–Kier alpha value is -3.31. The maximum absolute atomic E-state index is 12.5. The molecule has 0 spiro atoms. The molecule has 1 amide bonds. The summed E-state index contributed by atoms with van der Waals surface area (Å²) in [5.41, 5.74) is 0.363. The molecule has 35 heavy (non-hydrogen) atoms. The number of nitrogens with one attached hydrogen (secondary N) is 2. The number of benzene rings is 2. The molecule has 2 aromatic heterocycles. The van der Waals surface area contributed by atoms with Gasteiger partial charge in [0, 0.05) is 10.7 Å². The SMILES string of the molecule is O=C(Nc1ccc(S(=O)(=O)Nc2ccc(Cl)nn2)cc1)c1ccc(COc2ccc(Cl)cc2Cl)o1. The summed E-state index contributed by atoms with van der Waals surface area (Å²) in [6.45, 7) is 0.0478. The normalized spacial score (nSPS) is 11.2. The average Bonchev–Trinajstić information content (AvgIpc) is 3.30. The second-order valence-electron chi connectivity index (χ2n) is 6.95. The third kappa shape index (κ3) is 6.43. The molecule has 180 valence electrons. The van der Waals surface area contributed by atoms with Crippen LogP contribution in [-0.2, 0) is 16.6 Å². The van der Waals surface area contributed by atoms with Crippen molar-refractivity contribution in [3.8, 4) is 5.75 Å². The number of halogens is 3. The Labute approximate surface area is 215 Å². The lowest BCUT2D eigenvalue weighted by atomic mass is 10.3. The van der Waals surface area contributed by atoms with Crippen LogP contribution in [0.25, 0.3) is 0 Å². The molecule has 0 fully saturated rings. The lowest BCUT2D eigenvalue weighted by molar-refractivity contribution is 0.0992. The first-order chi connectivity index (χ1) is 16.7. The third-order valence-corrected chi connectivity index (χ3v) is 6.55. The Morgan fingerprint density at radius 1 is 0.943 bits per heavy atom. The largest absolute Gasteiger partial charge is 0.484 e. The number of furan rings is 1. The molecule has 13 heteroatoms. The van der Waals surface area contributed by atoms with Gasteiger partial charge in [-0.3, -0.25) is 9.52 Å². The minimum atomic E-state index is -3.91. The van der Waals surface area contributed by atoms with Gasteiger partial charge in [-0.05, 0) is 66.7 Å². The number of amides is 1. The molecular formula is C22H15Cl3N4O5S. The van der Waals surface area contributed by atoms with E-state index in [9.17, 15) is 13.2 Å². The van der Waals surface area contributed by atoms with Crippen LogP contribution in [0.15, 0.2) is 76.0 Å². The van der Waals surface area contributed by atoms with Crippen molar-refractivity contribution in [3.63, 3.8) is 0 Å². The number of carbonyl (C=O) groups excluding carboxylic acids is 1. The standard InChI is InChI=1S/C22H15Cl3N4O5S/c23-13-1-7-18(17(24)11-13)33-12-15-4-8-19(34-15)22(30)26-14-2-5-16(6-3-14)35(31,32)29-21-10-9-20(25)27-28-21/h1-11H,12H2,(H,26,30)(H,28,29). The van der Waals surface area contributed by atoms with Crippen molar-refractivity contribution in [2.45, 2.75) is 11.5 Å². The molecule has 4 rings (SSSR count). The van der Waals surface area contributed by atoms with Crippen molar-refractivity contribution in [3.05, 3.63) is 93.4 Å². The Kier molecular flexibility index (Phi) is 7.46. The number of aromatic nitrogens is 2. The number of hydrogen-bond acceptors (Lipinski definition) is 7. The van der Waals surface area contributed by atoms with E-state index in [0.29, 0.717) is 27.2 Å². The van der Waals surface area contributed by atoms with Crippen molar-refractivity contribution < 1.29 is 22.4 Å². The molecule has 0 aliphatic heterocycles. The molecule has 0 aliphatic rings. The Bertz CT molecular complexity index is 1460. The van der Waals surface area contributed by atoms with Crippen LogP contribution in [0.1, 0.15) is 16.3 Å². The number of rotatable bonds is 8. The van der Waals surface area contributed by atoms with Gasteiger partial charge in [-0.1, -0.05) is 34.8 Å². The highest BCUT2D eigenvalue weighted by Crippen LogP contribution is 2.28. The van der Waals surface area contributed by atoms with Crippen molar-refractivity contribution >= 4 is 62.2 Å². The van der Waals surface area contributed by atoms with Crippen LogP contribution in [0.3, 0.4) is 0 Å². The van der Waals surface area contributed by atoms with Crippen LogP contribution < -0.4 is 14.8 Å². The quantitative estimate of drug-likeness (QED) is 0.288. The molecule has 2 heterocycles. The summed E-state index contributed by atoms with van der Waals surface area (Å²) in [6, 6.07) is 16.2. The van der Waals surface area contributed by atoms with E-state index >= 15 is 0 Å². The van der Waals surface area contributed by atoms with Crippen molar-refractivity contribution in [2.75, 3.05) is 10.0 Å². The Morgan fingerprint density at radius 2 is 1.71 bits per heavy atom. The van der Waals surface area contributed by atoms with Gasteiger partial charge in [-0.2, -0.15) is 0 Å². The van der Waals surface area contributed by atoms with Crippen LogP contribution in [0, 0.1) is 0 Å². The van der Waals surface area contributed by atoms with Crippen molar-refractivity contribution in [1.82, 2.24) is 10.2 Å². The number of anilines is 2. The van der Waals surface area contributed by atoms with Gasteiger partial charge in [-0.25, -0.2) is 8.42 Å². The lowest BCUT2D eigenvalue weighted by Gasteiger charge is -2.08. The molecule has 0 saturated heterocycles. The molecule has 0 saturated carbocycles. The van der Waals surface area contributed by atoms with E-state index in [1.165, 1.54) is 42.5 Å². The van der Waals surface area contributed by atoms with E-state index in [4.69, 9.17) is 44.0 Å². The molecule has 0 aliphatic carbocycles. The maximum atomic E-state index is 12.5. The number of hydrogen-bond donors (Lipinski definition) is 2. The van der Waals surface area contributed by atoms with Gasteiger partial charge in [0.15, 0.2) is 16.7 Å². The summed E-state index contributed by atoms with van der Waals surface area (Å²) in [4.78, 5) is 12.5. The molecule has 2 N–H and O–H groups in total. The zero-order valence-corrected chi connectivity index (χ0v) is 20.6. The first-order valence-electron chi connectivity index (χ1n) is 9.80. The van der Waals surface area contributed by atoms with Crippen LogP contribution in [-0.4, -0.2) is 24.5 Å².